The highest BCUT2D eigenvalue weighted by Crippen LogP contribution is 2.06. The van der Waals surface area contributed by atoms with E-state index in [0.717, 1.165) is 24.5 Å². The molecule has 0 spiro atoms. The fraction of sp³-hybridized carbons (Fsp3) is 0.643. The van der Waals surface area contributed by atoms with Gasteiger partial charge >= 0.3 is 6.09 Å². The maximum atomic E-state index is 11.4. The molecule has 6 nitrogen and oxygen atoms in total. The molecular weight excluding hydrogens is 256 g/mol. The van der Waals surface area contributed by atoms with Crippen LogP contribution in [0.5, 0.6) is 0 Å². The Labute approximate surface area is 120 Å². The van der Waals surface area contributed by atoms with E-state index in [1.165, 1.54) is 0 Å². The maximum absolute atomic E-state index is 11.4. The zero-order valence-electron chi connectivity index (χ0n) is 12.7. The number of rotatable bonds is 6. The van der Waals surface area contributed by atoms with Crippen LogP contribution < -0.4 is 10.6 Å². The van der Waals surface area contributed by atoms with Crippen molar-refractivity contribution in [3.05, 3.63) is 23.8 Å². The summed E-state index contributed by atoms with van der Waals surface area (Å²) in [6.07, 6.45) is 2.22. The molecule has 0 aliphatic carbocycles. The molecule has 0 radical (unpaired) electrons. The number of nitrogens with zero attached hydrogens (tertiary/aromatic N) is 2. The van der Waals surface area contributed by atoms with Crippen molar-refractivity contribution >= 4 is 6.09 Å². The predicted molar refractivity (Wildman–Crippen MR) is 77.3 cm³/mol. The van der Waals surface area contributed by atoms with Crippen LogP contribution in [0.2, 0.25) is 0 Å². The standard InChI is InChI=1S/C14H24N4O2/c1-11-16-9-6-12(18-11)10-15-7-5-8-17-13(19)20-14(2,3)4/h6,9,15H,5,7-8,10H2,1-4H3,(H,17,19). The molecule has 0 aliphatic heterocycles. The summed E-state index contributed by atoms with van der Waals surface area (Å²) in [7, 11) is 0. The number of carbonyl (C=O) groups is 1. The van der Waals surface area contributed by atoms with Crippen molar-refractivity contribution in [1.82, 2.24) is 20.6 Å². The second-order valence-corrected chi connectivity index (χ2v) is 5.55. The van der Waals surface area contributed by atoms with Gasteiger partial charge in [-0.3, -0.25) is 0 Å². The van der Waals surface area contributed by atoms with Gasteiger partial charge in [-0.25, -0.2) is 14.8 Å². The molecule has 1 heterocycles. The van der Waals surface area contributed by atoms with Crippen molar-refractivity contribution in [2.75, 3.05) is 13.1 Å². The van der Waals surface area contributed by atoms with Crippen LogP contribution in [-0.2, 0) is 11.3 Å². The van der Waals surface area contributed by atoms with Gasteiger partial charge < -0.3 is 15.4 Å². The van der Waals surface area contributed by atoms with Crippen molar-refractivity contribution in [1.29, 1.82) is 0 Å². The third kappa shape index (κ3) is 7.68. The van der Waals surface area contributed by atoms with Crippen molar-refractivity contribution in [3.8, 4) is 0 Å². The van der Waals surface area contributed by atoms with Gasteiger partial charge in [0.1, 0.15) is 11.4 Å². The average molecular weight is 280 g/mol. The van der Waals surface area contributed by atoms with E-state index < -0.39 is 5.60 Å². The molecule has 0 aromatic carbocycles. The lowest BCUT2D eigenvalue weighted by Crippen LogP contribution is -2.33. The Bertz CT molecular complexity index is 429. The fourth-order valence-electron chi connectivity index (χ4n) is 1.54. The van der Waals surface area contributed by atoms with E-state index in [9.17, 15) is 4.79 Å². The van der Waals surface area contributed by atoms with Crippen LogP contribution in [-0.4, -0.2) is 34.8 Å². The molecule has 1 rings (SSSR count). The van der Waals surface area contributed by atoms with Crippen molar-refractivity contribution in [3.63, 3.8) is 0 Å². The quantitative estimate of drug-likeness (QED) is 0.777. The van der Waals surface area contributed by atoms with E-state index in [2.05, 4.69) is 20.6 Å². The number of aryl methyl sites for hydroxylation is 1. The second kappa shape index (κ2) is 7.79. The summed E-state index contributed by atoms with van der Waals surface area (Å²) in [6, 6.07) is 1.89. The number of hydrogen-bond donors (Lipinski definition) is 2. The average Bonchev–Trinajstić information content (AvgIpc) is 2.31. The lowest BCUT2D eigenvalue weighted by atomic mass is 10.2. The molecule has 0 atom stereocenters. The number of carbonyl (C=O) groups excluding carboxylic acids is 1. The van der Waals surface area contributed by atoms with E-state index >= 15 is 0 Å². The molecule has 6 heteroatoms. The van der Waals surface area contributed by atoms with Crippen molar-refractivity contribution in [2.24, 2.45) is 0 Å². The smallest absolute Gasteiger partial charge is 0.407 e. The lowest BCUT2D eigenvalue weighted by molar-refractivity contribution is 0.0527. The molecule has 2 N–H and O–H groups in total. The molecule has 1 amide bonds. The molecule has 112 valence electrons. The molecule has 0 saturated heterocycles. The Hall–Kier alpha value is -1.69. The van der Waals surface area contributed by atoms with Crippen LogP contribution in [0.4, 0.5) is 4.79 Å². The van der Waals surface area contributed by atoms with Crippen LogP contribution in [0.25, 0.3) is 0 Å². The minimum absolute atomic E-state index is 0.371. The minimum atomic E-state index is -0.451. The summed E-state index contributed by atoms with van der Waals surface area (Å²) in [4.78, 5) is 19.7. The van der Waals surface area contributed by atoms with E-state index in [1.54, 1.807) is 6.20 Å². The monoisotopic (exact) mass is 280 g/mol. The van der Waals surface area contributed by atoms with Gasteiger partial charge in [0.05, 0.1) is 5.69 Å². The van der Waals surface area contributed by atoms with Crippen LogP contribution >= 0.6 is 0 Å². The Morgan fingerprint density at radius 2 is 2.10 bits per heavy atom. The van der Waals surface area contributed by atoms with Crippen LogP contribution in [0.1, 0.15) is 38.7 Å². The summed E-state index contributed by atoms with van der Waals surface area (Å²) < 4.78 is 5.14. The molecular formula is C14H24N4O2. The van der Waals surface area contributed by atoms with Gasteiger partial charge in [0.25, 0.3) is 0 Å². The first-order valence-corrected chi connectivity index (χ1v) is 6.83. The Kier molecular flexibility index (Phi) is 6.38. The number of amides is 1. The zero-order valence-corrected chi connectivity index (χ0v) is 12.7. The highest BCUT2D eigenvalue weighted by molar-refractivity contribution is 5.67. The summed E-state index contributed by atoms with van der Waals surface area (Å²) in [5, 5.41) is 5.99. The maximum Gasteiger partial charge on any atom is 0.407 e. The number of alkyl carbamates (subject to hydrolysis) is 1. The number of hydrogen-bond acceptors (Lipinski definition) is 5. The van der Waals surface area contributed by atoms with Gasteiger partial charge in [0.15, 0.2) is 0 Å². The number of nitrogens with one attached hydrogen (secondary N) is 2. The highest BCUT2D eigenvalue weighted by Gasteiger charge is 2.15. The molecule has 1 aromatic rings. The number of ether oxygens (including phenoxy) is 1. The van der Waals surface area contributed by atoms with Crippen LogP contribution in [0.15, 0.2) is 12.3 Å². The normalized spacial score (nSPS) is 11.2. The van der Waals surface area contributed by atoms with E-state index in [1.807, 2.05) is 33.8 Å². The highest BCUT2D eigenvalue weighted by atomic mass is 16.6. The van der Waals surface area contributed by atoms with Crippen molar-refractivity contribution < 1.29 is 9.53 Å². The lowest BCUT2D eigenvalue weighted by Gasteiger charge is -2.19. The zero-order chi connectivity index (χ0) is 15.0. The number of aromatic nitrogens is 2. The van der Waals surface area contributed by atoms with Gasteiger partial charge in [-0.15, -0.1) is 0 Å². The Balaban J connectivity index is 2.07. The largest absolute Gasteiger partial charge is 0.444 e. The molecule has 0 unspecified atom stereocenters. The minimum Gasteiger partial charge on any atom is -0.444 e. The van der Waals surface area contributed by atoms with Crippen LogP contribution in [0, 0.1) is 6.92 Å². The first kappa shape index (κ1) is 16.4. The molecule has 0 bridgehead atoms. The molecule has 0 aliphatic rings. The van der Waals surface area contributed by atoms with Gasteiger partial charge in [0, 0.05) is 19.3 Å². The third-order valence-electron chi connectivity index (χ3n) is 2.34. The van der Waals surface area contributed by atoms with Gasteiger partial charge in [-0.1, -0.05) is 0 Å². The van der Waals surface area contributed by atoms with Gasteiger partial charge in [-0.05, 0) is 46.7 Å². The first-order chi connectivity index (χ1) is 9.37. The van der Waals surface area contributed by atoms with Crippen molar-refractivity contribution in [2.45, 2.75) is 46.3 Å². The SMILES string of the molecule is Cc1nccc(CNCCCNC(=O)OC(C)(C)C)n1. The van der Waals surface area contributed by atoms with Crippen LogP contribution in [0.3, 0.4) is 0 Å². The Morgan fingerprint density at radius 1 is 1.35 bits per heavy atom. The van der Waals surface area contributed by atoms with Gasteiger partial charge in [-0.2, -0.15) is 0 Å². The molecule has 0 fully saturated rings. The van der Waals surface area contributed by atoms with E-state index in [0.29, 0.717) is 13.1 Å². The summed E-state index contributed by atoms with van der Waals surface area (Å²) in [6.45, 7) is 9.50. The molecule has 0 saturated carbocycles. The van der Waals surface area contributed by atoms with E-state index in [4.69, 9.17) is 4.74 Å². The third-order valence-corrected chi connectivity index (χ3v) is 2.34. The summed E-state index contributed by atoms with van der Waals surface area (Å²) in [5.41, 5.74) is 0.519. The summed E-state index contributed by atoms with van der Waals surface area (Å²) in [5.74, 6) is 0.774. The fourth-order valence-corrected chi connectivity index (χ4v) is 1.54. The molecule has 20 heavy (non-hydrogen) atoms. The first-order valence-electron chi connectivity index (χ1n) is 6.83. The Morgan fingerprint density at radius 3 is 2.75 bits per heavy atom. The predicted octanol–water partition coefficient (Wildman–Crippen LogP) is 1.79. The molecule has 1 aromatic heterocycles. The summed E-state index contributed by atoms with van der Waals surface area (Å²) >= 11 is 0. The second-order valence-electron chi connectivity index (χ2n) is 5.55. The van der Waals surface area contributed by atoms with Gasteiger partial charge in [0.2, 0.25) is 0 Å². The topological polar surface area (TPSA) is 76.1 Å². The van der Waals surface area contributed by atoms with E-state index in [-0.39, 0.29) is 6.09 Å².